The largest absolute Gasteiger partial charge is 0.258 e. The molecule has 0 radical (unpaired) electrons. The van der Waals surface area contributed by atoms with Crippen LogP contribution in [0.2, 0.25) is 0 Å². The molecule has 1 heterocycles. The van der Waals surface area contributed by atoms with Crippen LogP contribution in [-0.4, -0.2) is 15.2 Å². The number of nitrogens with one attached hydrogen (secondary N) is 1. The van der Waals surface area contributed by atoms with E-state index in [2.05, 4.69) is 62.3 Å². The molecule has 0 aliphatic carbocycles. The van der Waals surface area contributed by atoms with Crippen molar-refractivity contribution in [2.45, 2.75) is 17.8 Å². The molecular formula is C16H14BrN3S. The minimum absolute atomic E-state index is 0.770. The van der Waals surface area contributed by atoms with Crippen LogP contribution in [0.4, 0.5) is 0 Å². The Morgan fingerprint density at radius 2 is 2.00 bits per heavy atom. The molecule has 1 N–H and O–H groups in total. The van der Waals surface area contributed by atoms with Gasteiger partial charge in [-0.05, 0) is 30.7 Å². The van der Waals surface area contributed by atoms with E-state index in [9.17, 15) is 0 Å². The molecule has 0 saturated carbocycles. The minimum atomic E-state index is 0.770. The van der Waals surface area contributed by atoms with Crippen LogP contribution in [0, 0.1) is 6.92 Å². The Morgan fingerprint density at radius 1 is 1.14 bits per heavy atom. The second-order valence-corrected chi connectivity index (χ2v) is 6.61. The van der Waals surface area contributed by atoms with Gasteiger partial charge in [0.05, 0.1) is 0 Å². The van der Waals surface area contributed by atoms with Crippen LogP contribution in [0.15, 0.2) is 58.2 Å². The lowest BCUT2D eigenvalue weighted by molar-refractivity contribution is 0.973. The molecule has 0 unspecified atom stereocenters. The van der Waals surface area contributed by atoms with Gasteiger partial charge in [0, 0.05) is 15.8 Å². The fraction of sp³-hybridized carbons (Fsp3) is 0.125. The zero-order valence-corrected chi connectivity index (χ0v) is 13.9. The number of H-pyrrole nitrogens is 1. The number of halogens is 1. The van der Waals surface area contributed by atoms with Gasteiger partial charge in [-0.2, -0.15) is 0 Å². The summed E-state index contributed by atoms with van der Waals surface area (Å²) in [6.07, 6.45) is 0. The number of benzene rings is 2. The van der Waals surface area contributed by atoms with Crippen LogP contribution in [-0.2, 0) is 5.75 Å². The third kappa shape index (κ3) is 3.74. The summed E-state index contributed by atoms with van der Waals surface area (Å²) in [4.78, 5) is 4.54. The zero-order valence-electron chi connectivity index (χ0n) is 11.5. The van der Waals surface area contributed by atoms with E-state index in [1.54, 1.807) is 11.8 Å². The van der Waals surface area contributed by atoms with Gasteiger partial charge < -0.3 is 0 Å². The molecule has 0 aliphatic heterocycles. The van der Waals surface area contributed by atoms with E-state index in [-0.39, 0.29) is 0 Å². The monoisotopic (exact) mass is 359 g/mol. The fourth-order valence-corrected chi connectivity index (χ4v) is 3.20. The third-order valence-electron chi connectivity index (χ3n) is 3.01. The number of thioether (sulfide) groups is 1. The molecule has 21 heavy (non-hydrogen) atoms. The molecule has 3 aromatic rings. The van der Waals surface area contributed by atoms with Crippen molar-refractivity contribution in [1.82, 2.24) is 15.2 Å². The lowest BCUT2D eigenvalue weighted by Crippen LogP contribution is -1.83. The lowest BCUT2D eigenvalue weighted by Gasteiger charge is -1.99. The van der Waals surface area contributed by atoms with Gasteiger partial charge in [-0.25, -0.2) is 4.98 Å². The minimum Gasteiger partial charge on any atom is -0.258 e. The van der Waals surface area contributed by atoms with Crippen LogP contribution in [0.25, 0.3) is 11.4 Å². The van der Waals surface area contributed by atoms with E-state index in [0.717, 1.165) is 26.8 Å². The van der Waals surface area contributed by atoms with Crippen LogP contribution in [0.5, 0.6) is 0 Å². The number of aryl methyl sites for hydroxylation is 1. The van der Waals surface area contributed by atoms with Gasteiger partial charge in [0.15, 0.2) is 5.82 Å². The van der Waals surface area contributed by atoms with Crippen molar-refractivity contribution in [3.8, 4) is 11.4 Å². The first-order valence-corrected chi connectivity index (χ1v) is 8.35. The maximum absolute atomic E-state index is 4.54. The van der Waals surface area contributed by atoms with E-state index in [1.165, 1.54) is 11.1 Å². The molecule has 106 valence electrons. The Bertz CT molecular complexity index is 755. The van der Waals surface area contributed by atoms with Crippen molar-refractivity contribution < 1.29 is 0 Å². The van der Waals surface area contributed by atoms with E-state index >= 15 is 0 Å². The number of aromatic amines is 1. The first kappa shape index (κ1) is 14.4. The van der Waals surface area contributed by atoms with E-state index in [4.69, 9.17) is 0 Å². The summed E-state index contributed by atoms with van der Waals surface area (Å²) in [7, 11) is 0. The van der Waals surface area contributed by atoms with Crippen LogP contribution in [0.3, 0.4) is 0 Å². The molecule has 0 amide bonds. The number of hydrogen-bond donors (Lipinski definition) is 1. The summed E-state index contributed by atoms with van der Waals surface area (Å²) >= 11 is 5.11. The molecule has 0 fully saturated rings. The van der Waals surface area contributed by atoms with Crippen LogP contribution in [0.1, 0.15) is 11.1 Å². The maximum Gasteiger partial charge on any atom is 0.209 e. The Kier molecular flexibility index (Phi) is 4.41. The van der Waals surface area contributed by atoms with E-state index in [1.807, 2.05) is 24.3 Å². The average Bonchev–Trinajstić information content (AvgIpc) is 2.94. The normalized spacial score (nSPS) is 10.8. The van der Waals surface area contributed by atoms with E-state index in [0.29, 0.717) is 0 Å². The second kappa shape index (κ2) is 6.45. The molecule has 0 saturated heterocycles. The van der Waals surface area contributed by atoms with Crippen molar-refractivity contribution in [3.05, 3.63) is 64.1 Å². The average molecular weight is 360 g/mol. The molecule has 0 aliphatic rings. The summed E-state index contributed by atoms with van der Waals surface area (Å²) in [5, 5.41) is 8.05. The molecular weight excluding hydrogens is 346 g/mol. The van der Waals surface area contributed by atoms with Crippen molar-refractivity contribution in [2.24, 2.45) is 0 Å². The number of rotatable bonds is 4. The first-order valence-electron chi connectivity index (χ1n) is 6.57. The maximum atomic E-state index is 4.54. The van der Waals surface area contributed by atoms with E-state index < -0.39 is 0 Å². The smallest absolute Gasteiger partial charge is 0.209 e. The topological polar surface area (TPSA) is 41.6 Å². The van der Waals surface area contributed by atoms with Gasteiger partial charge in [-0.15, -0.1) is 5.10 Å². The highest BCUT2D eigenvalue weighted by Crippen LogP contribution is 2.24. The zero-order chi connectivity index (χ0) is 14.7. The highest BCUT2D eigenvalue weighted by Gasteiger charge is 2.06. The first-order chi connectivity index (χ1) is 10.2. The van der Waals surface area contributed by atoms with Crippen molar-refractivity contribution in [1.29, 1.82) is 0 Å². The van der Waals surface area contributed by atoms with Crippen LogP contribution >= 0.6 is 27.7 Å². The molecule has 5 heteroatoms. The quantitative estimate of drug-likeness (QED) is 0.678. The standard InChI is InChI=1S/C16H14BrN3S/c1-11-4-2-6-13(8-11)15-18-16(20-19-15)21-10-12-5-3-7-14(17)9-12/h2-9H,10H2,1H3,(H,18,19,20). The van der Waals surface area contributed by atoms with Crippen molar-refractivity contribution in [2.75, 3.05) is 0 Å². The SMILES string of the molecule is Cc1cccc(-c2nc(SCc3cccc(Br)c3)n[nH]2)c1. The molecule has 3 rings (SSSR count). The Labute approximate surface area is 136 Å². The van der Waals surface area contributed by atoms with Gasteiger partial charge in [0.2, 0.25) is 5.16 Å². The number of aromatic nitrogens is 3. The predicted molar refractivity (Wildman–Crippen MR) is 90.3 cm³/mol. The van der Waals surface area contributed by atoms with Crippen molar-refractivity contribution >= 4 is 27.7 Å². The Balaban J connectivity index is 1.71. The molecule has 0 atom stereocenters. The molecule has 2 aromatic carbocycles. The lowest BCUT2D eigenvalue weighted by atomic mass is 10.1. The summed E-state index contributed by atoms with van der Waals surface area (Å²) in [5.74, 6) is 1.67. The van der Waals surface area contributed by atoms with Gasteiger partial charge in [0.25, 0.3) is 0 Å². The number of nitrogens with zero attached hydrogens (tertiary/aromatic N) is 2. The highest BCUT2D eigenvalue weighted by molar-refractivity contribution is 9.10. The summed E-state index contributed by atoms with van der Waals surface area (Å²) in [5.41, 5.74) is 3.53. The van der Waals surface area contributed by atoms with Crippen molar-refractivity contribution in [3.63, 3.8) is 0 Å². The molecule has 1 aromatic heterocycles. The second-order valence-electron chi connectivity index (χ2n) is 4.75. The Morgan fingerprint density at radius 3 is 2.81 bits per heavy atom. The van der Waals surface area contributed by atoms with Gasteiger partial charge >= 0.3 is 0 Å². The van der Waals surface area contributed by atoms with Crippen LogP contribution < -0.4 is 0 Å². The molecule has 3 nitrogen and oxygen atoms in total. The number of hydrogen-bond acceptors (Lipinski definition) is 3. The summed E-state index contributed by atoms with van der Waals surface area (Å²) < 4.78 is 1.09. The molecule has 0 spiro atoms. The van der Waals surface area contributed by atoms with Gasteiger partial charge in [-0.3, -0.25) is 5.10 Å². The Hall–Kier alpha value is -1.59. The summed E-state index contributed by atoms with van der Waals surface area (Å²) in [6, 6.07) is 16.5. The molecule has 0 bridgehead atoms. The summed E-state index contributed by atoms with van der Waals surface area (Å²) in [6.45, 7) is 2.07. The predicted octanol–water partition coefficient (Wildman–Crippen LogP) is 4.83. The fourth-order valence-electron chi connectivity index (χ4n) is 2.01. The van der Waals surface area contributed by atoms with Gasteiger partial charge in [0.1, 0.15) is 0 Å². The van der Waals surface area contributed by atoms with Gasteiger partial charge in [-0.1, -0.05) is 63.6 Å². The third-order valence-corrected chi connectivity index (χ3v) is 4.43. The highest BCUT2D eigenvalue weighted by atomic mass is 79.9.